The Hall–Kier alpha value is -0.830. The van der Waals surface area contributed by atoms with Crippen molar-refractivity contribution in [3.05, 3.63) is 12.7 Å². The van der Waals surface area contributed by atoms with Gasteiger partial charge in [-0.3, -0.25) is 9.69 Å². The van der Waals surface area contributed by atoms with Crippen LogP contribution in [0.2, 0.25) is 0 Å². The van der Waals surface area contributed by atoms with Crippen LogP contribution in [0.15, 0.2) is 12.7 Å². The third-order valence-electron chi connectivity index (χ3n) is 3.83. The normalized spacial score (nSPS) is 26.9. The van der Waals surface area contributed by atoms with Gasteiger partial charge in [-0.15, -0.1) is 6.58 Å². The Kier molecular flexibility index (Phi) is 4.60. The Balaban J connectivity index is 1.83. The second kappa shape index (κ2) is 6.20. The van der Waals surface area contributed by atoms with Gasteiger partial charge in [0.1, 0.15) is 12.1 Å². The number of carbonyl (C=O) groups excluding carboxylic acids is 1. The number of esters is 1. The molecule has 3 heteroatoms. The zero-order valence-electron chi connectivity index (χ0n) is 10.6. The molecule has 1 saturated heterocycles. The van der Waals surface area contributed by atoms with Crippen molar-refractivity contribution in [1.29, 1.82) is 0 Å². The van der Waals surface area contributed by atoms with Crippen molar-refractivity contribution >= 4 is 5.97 Å². The summed E-state index contributed by atoms with van der Waals surface area (Å²) in [6.45, 7) is 5.53. The van der Waals surface area contributed by atoms with Gasteiger partial charge in [-0.05, 0) is 45.1 Å². The first-order valence-corrected chi connectivity index (χ1v) is 6.86. The van der Waals surface area contributed by atoms with Gasteiger partial charge in [0.15, 0.2) is 0 Å². The molecule has 96 valence electrons. The Morgan fingerprint density at radius 3 is 2.71 bits per heavy atom. The molecule has 0 radical (unpaired) electrons. The zero-order valence-corrected chi connectivity index (χ0v) is 10.6. The molecule has 17 heavy (non-hydrogen) atoms. The summed E-state index contributed by atoms with van der Waals surface area (Å²) in [5, 5.41) is 0. The zero-order chi connectivity index (χ0) is 12.1. The first-order chi connectivity index (χ1) is 8.31. The molecule has 0 spiro atoms. The highest BCUT2D eigenvalue weighted by Crippen LogP contribution is 2.23. The maximum absolute atomic E-state index is 12.1. The highest BCUT2D eigenvalue weighted by molar-refractivity contribution is 5.76. The van der Waals surface area contributed by atoms with Gasteiger partial charge in [0.05, 0.1) is 0 Å². The third-order valence-corrected chi connectivity index (χ3v) is 3.83. The second-order valence-corrected chi connectivity index (χ2v) is 5.14. The van der Waals surface area contributed by atoms with Crippen LogP contribution in [0.5, 0.6) is 0 Å². The molecule has 3 nitrogen and oxygen atoms in total. The summed E-state index contributed by atoms with van der Waals surface area (Å²) in [5.41, 5.74) is 0. The van der Waals surface area contributed by atoms with Crippen LogP contribution in [-0.2, 0) is 9.53 Å². The number of hydrogen-bond acceptors (Lipinski definition) is 3. The number of likely N-dealkylation sites (tertiary alicyclic amines) is 1. The van der Waals surface area contributed by atoms with Gasteiger partial charge in [-0.25, -0.2) is 0 Å². The van der Waals surface area contributed by atoms with Crippen LogP contribution in [-0.4, -0.2) is 36.1 Å². The summed E-state index contributed by atoms with van der Waals surface area (Å²) in [5.74, 6) is -0.00347. The lowest BCUT2D eigenvalue weighted by molar-refractivity contribution is -0.155. The minimum absolute atomic E-state index is 0.00347. The van der Waals surface area contributed by atoms with Crippen molar-refractivity contribution < 1.29 is 9.53 Å². The van der Waals surface area contributed by atoms with Crippen molar-refractivity contribution in [2.45, 2.75) is 57.1 Å². The lowest BCUT2D eigenvalue weighted by Gasteiger charge is -2.26. The summed E-state index contributed by atoms with van der Waals surface area (Å²) >= 11 is 0. The van der Waals surface area contributed by atoms with Crippen LogP contribution < -0.4 is 0 Å². The molecule has 2 fully saturated rings. The molecular formula is C14H23NO2. The Labute approximate surface area is 104 Å². The molecule has 1 aliphatic carbocycles. The standard InChI is InChI=1S/C14H23NO2/c1-2-10-15-11-6-9-13(15)14(16)17-12-7-4-3-5-8-12/h2,12-13H,1,3-11H2/t13-/m0/s1. The Morgan fingerprint density at radius 2 is 2.00 bits per heavy atom. The van der Waals surface area contributed by atoms with E-state index in [2.05, 4.69) is 11.5 Å². The summed E-state index contributed by atoms with van der Waals surface area (Å²) in [7, 11) is 0. The van der Waals surface area contributed by atoms with Gasteiger partial charge < -0.3 is 4.74 Å². The fourth-order valence-electron chi connectivity index (χ4n) is 2.90. The maximum Gasteiger partial charge on any atom is 0.323 e. The van der Waals surface area contributed by atoms with Gasteiger partial charge >= 0.3 is 5.97 Å². The predicted octanol–water partition coefficient (Wildman–Crippen LogP) is 2.51. The van der Waals surface area contributed by atoms with Gasteiger partial charge in [0.25, 0.3) is 0 Å². The van der Waals surface area contributed by atoms with E-state index in [9.17, 15) is 4.79 Å². The monoisotopic (exact) mass is 237 g/mol. The average Bonchev–Trinajstić information content (AvgIpc) is 2.79. The quantitative estimate of drug-likeness (QED) is 0.556. The molecule has 1 aliphatic heterocycles. The second-order valence-electron chi connectivity index (χ2n) is 5.14. The van der Waals surface area contributed by atoms with E-state index in [-0.39, 0.29) is 18.1 Å². The molecule has 0 bridgehead atoms. The topological polar surface area (TPSA) is 29.5 Å². The minimum Gasteiger partial charge on any atom is -0.461 e. The molecule has 1 atom stereocenters. The van der Waals surface area contributed by atoms with Crippen molar-refractivity contribution in [2.24, 2.45) is 0 Å². The molecule has 0 aromatic rings. The Bertz CT molecular complexity index is 271. The molecular weight excluding hydrogens is 214 g/mol. The SMILES string of the molecule is C=CCN1CCC[C@H]1C(=O)OC1CCCCC1. The molecule has 0 N–H and O–H groups in total. The van der Waals surface area contributed by atoms with E-state index in [1.807, 2.05) is 6.08 Å². The summed E-state index contributed by atoms with van der Waals surface area (Å²) < 4.78 is 5.64. The van der Waals surface area contributed by atoms with Crippen molar-refractivity contribution in [3.8, 4) is 0 Å². The van der Waals surface area contributed by atoms with Crippen LogP contribution in [0, 0.1) is 0 Å². The van der Waals surface area contributed by atoms with Crippen LogP contribution in [0.3, 0.4) is 0 Å². The number of nitrogens with zero attached hydrogens (tertiary/aromatic N) is 1. The van der Waals surface area contributed by atoms with Crippen molar-refractivity contribution in [3.63, 3.8) is 0 Å². The van der Waals surface area contributed by atoms with Crippen LogP contribution in [0.25, 0.3) is 0 Å². The lowest BCUT2D eigenvalue weighted by atomic mass is 9.98. The minimum atomic E-state index is -0.0186. The highest BCUT2D eigenvalue weighted by Gasteiger charge is 2.32. The number of ether oxygens (including phenoxy) is 1. The molecule has 0 amide bonds. The molecule has 0 aromatic heterocycles. The van der Waals surface area contributed by atoms with E-state index in [1.165, 1.54) is 19.3 Å². The first-order valence-electron chi connectivity index (χ1n) is 6.86. The number of hydrogen-bond donors (Lipinski definition) is 0. The smallest absolute Gasteiger partial charge is 0.323 e. The van der Waals surface area contributed by atoms with E-state index in [0.29, 0.717) is 0 Å². The number of carbonyl (C=O) groups is 1. The summed E-state index contributed by atoms with van der Waals surface area (Å²) in [6, 6.07) is -0.0186. The van der Waals surface area contributed by atoms with E-state index in [1.54, 1.807) is 0 Å². The van der Waals surface area contributed by atoms with Crippen LogP contribution in [0.1, 0.15) is 44.9 Å². The van der Waals surface area contributed by atoms with Crippen molar-refractivity contribution in [1.82, 2.24) is 4.90 Å². The van der Waals surface area contributed by atoms with Gasteiger partial charge in [0, 0.05) is 6.54 Å². The molecule has 1 heterocycles. The van der Waals surface area contributed by atoms with E-state index in [4.69, 9.17) is 4.74 Å². The number of rotatable bonds is 4. The molecule has 0 aromatic carbocycles. The van der Waals surface area contributed by atoms with Gasteiger partial charge in [-0.1, -0.05) is 12.5 Å². The maximum atomic E-state index is 12.1. The molecule has 1 saturated carbocycles. The van der Waals surface area contributed by atoms with E-state index >= 15 is 0 Å². The molecule has 2 aliphatic rings. The van der Waals surface area contributed by atoms with E-state index in [0.717, 1.165) is 38.8 Å². The molecule has 2 rings (SSSR count). The molecule has 0 unspecified atom stereocenters. The largest absolute Gasteiger partial charge is 0.461 e. The lowest BCUT2D eigenvalue weighted by Crippen LogP contribution is -2.39. The predicted molar refractivity (Wildman–Crippen MR) is 67.8 cm³/mol. The van der Waals surface area contributed by atoms with Crippen LogP contribution in [0.4, 0.5) is 0 Å². The summed E-state index contributed by atoms with van der Waals surface area (Å²) in [4.78, 5) is 14.3. The first kappa shape index (κ1) is 12.6. The third kappa shape index (κ3) is 3.32. The van der Waals surface area contributed by atoms with E-state index < -0.39 is 0 Å². The Morgan fingerprint density at radius 1 is 1.24 bits per heavy atom. The van der Waals surface area contributed by atoms with Crippen LogP contribution >= 0.6 is 0 Å². The fraction of sp³-hybridized carbons (Fsp3) is 0.786. The highest BCUT2D eigenvalue weighted by atomic mass is 16.5. The average molecular weight is 237 g/mol. The summed E-state index contributed by atoms with van der Waals surface area (Å²) in [6.07, 6.45) is 9.91. The fourth-order valence-corrected chi connectivity index (χ4v) is 2.90. The van der Waals surface area contributed by atoms with Gasteiger partial charge in [0.2, 0.25) is 0 Å². The van der Waals surface area contributed by atoms with Crippen molar-refractivity contribution in [2.75, 3.05) is 13.1 Å². The van der Waals surface area contributed by atoms with Gasteiger partial charge in [-0.2, -0.15) is 0 Å².